The molecule has 2 aromatic rings. The smallest absolute Gasteiger partial charge is 0.222 e. The lowest BCUT2D eigenvalue weighted by Crippen LogP contribution is -1.89. The summed E-state index contributed by atoms with van der Waals surface area (Å²) in [5.41, 5.74) is 0. The van der Waals surface area contributed by atoms with Crippen LogP contribution in [0.5, 0.6) is 11.6 Å². The van der Waals surface area contributed by atoms with Crippen molar-refractivity contribution >= 4 is 22.6 Å². The number of hydrogen-bond acceptors (Lipinski definition) is 3. The summed E-state index contributed by atoms with van der Waals surface area (Å²) in [5.74, 6) is 1.37. The van der Waals surface area contributed by atoms with E-state index >= 15 is 0 Å². The van der Waals surface area contributed by atoms with Crippen molar-refractivity contribution < 1.29 is 4.74 Å². The summed E-state index contributed by atoms with van der Waals surface area (Å²) in [6.07, 6.45) is 3.11. The zero-order valence-corrected chi connectivity index (χ0v) is 9.38. The third-order valence-corrected chi connectivity index (χ3v) is 2.50. The van der Waals surface area contributed by atoms with Gasteiger partial charge in [0.2, 0.25) is 5.88 Å². The van der Waals surface area contributed by atoms with E-state index < -0.39 is 0 Å². The van der Waals surface area contributed by atoms with Gasteiger partial charge in [-0.2, -0.15) is 0 Å². The van der Waals surface area contributed by atoms with Gasteiger partial charge in [-0.3, -0.25) is 0 Å². The maximum atomic E-state index is 5.55. The van der Waals surface area contributed by atoms with Crippen molar-refractivity contribution in [3.05, 3.63) is 46.4 Å². The van der Waals surface area contributed by atoms with Crippen LogP contribution in [0.4, 0.5) is 0 Å². The van der Waals surface area contributed by atoms with Crippen molar-refractivity contribution in [3.8, 4) is 11.6 Å². The second-order valence-electron chi connectivity index (χ2n) is 2.58. The number of benzene rings is 1. The van der Waals surface area contributed by atoms with E-state index in [2.05, 4.69) is 32.6 Å². The molecule has 0 amide bonds. The Balaban J connectivity index is 2.24. The average Bonchev–Trinajstić information content (AvgIpc) is 2.23. The van der Waals surface area contributed by atoms with E-state index in [4.69, 9.17) is 4.74 Å². The first kappa shape index (κ1) is 9.39. The molecule has 14 heavy (non-hydrogen) atoms. The summed E-state index contributed by atoms with van der Waals surface area (Å²) in [5, 5.41) is 0. The monoisotopic (exact) mass is 298 g/mol. The van der Waals surface area contributed by atoms with Crippen LogP contribution in [0.25, 0.3) is 0 Å². The van der Waals surface area contributed by atoms with Gasteiger partial charge < -0.3 is 4.74 Å². The van der Waals surface area contributed by atoms with Gasteiger partial charge in [-0.15, -0.1) is 0 Å². The van der Waals surface area contributed by atoms with Crippen LogP contribution in [0.1, 0.15) is 0 Å². The Morgan fingerprint density at radius 2 is 2.00 bits per heavy atom. The van der Waals surface area contributed by atoms with E-state index in [0.717, 1.165) is 9.32 Å². The summed E-state index contributed by atoms with van der Waals surface area (Å²) in [6, 6.07) is 9.51. The average molecular weight is 298 g/mol. The highest BCUT2D eigenvalue weighted by Crippen LogP contribution is 2.24. The van der Waals surface area contributed by atoms with E-state index in [1.54, 1.807) is 12.3 Å². The van der Waals surface area contributed by atoms with E-state index in [0.29, 0.717) is 5.88 Å². The van der Waals surface area contributed by atoms with Crippen LogP contribution in [-0.2, 0) is 0 Å². The Kier molecular flexibility index (Phi) is 2.93. The summed E-state index contributed by atoms with van der Waals surface area (Å²) in [7, 11) is 0. The number of rotatable bonds is 2. The van der Waals surface area contributed by atoms with E-state index in [-0.39, 0.29) is 0 Å². The maximum Gasteiger partial charge on any atom is 0.222 e. The molecule has 2 rings (SSSR count). The molecule has 1 heterocycles. The Bertz CT molecular complexity index is 419. The predicted molar refractivity (Wildman–Crippen MR) is 61.3 cm³/mol. The van der Waals surface area contributed by atoms with Gasteiger partial charge in [0.15, 0.2) is 0 Å². The largest absolute Gasteiger partial charge is 0.438 e. The van der Waals surface area contributed by atoms with Gasteiger partial charge in [-0.1, -0.05) is 12.1 Å². The molecule has 0 bridgehead atoms. The second-order valence-corrected chi connectivity index (χ2v) is 3.74. The molecule has 0 saturated carbocycles. The summed E-state index contributed by atoms with van der Waals surface area (Å²) in [6.45, 7) is 0. The van der Waals surface area contributed by atoms with Crippen molar-refractivity contribution in [2.75, 3.05) is 0 Å². The van der Waals surface area contributed by atoms with Crippen molar-refractivity contribution in [2.45, 2.75) is 0 Å². The van der Waals surface area contributed by atoms with Gasteiger partial charge >= 0.3 is 0 Å². The number of nitrogens with zero attached hydrogens (tertiary/aromatic N) is 2. The van der Waals surface area contributed by atoms with Crippen LogP contribution in [0.15, 0.2) is 42.9 Å². The molecule has 4 heteroatoms. The molecule has 0 N–H and O–H groups in total. The first-order valence-corrected chi connectivity index (χ1v) is 5.12. The molecule has 1 aromatic heterocycles. The molecule has 0 aliphatic carbocycles. The van der Waals surface area contributed by atoms with E-state index in [1.807, 2.05) is 24.3 Å². The highest BCUT2D eigenvalue weighted by molar-refractivity contribution is 14.1. The molecule has 0 aliphatic rings. The third kappa shape index (κ3) is 2.20. The molecule has 0 saturated heterocycles. The number of aromatic nitrogens is 2. The first-order chi connectivity index (χ1) is 6.86. The lowest BCUT2D eigenvalue weighted by molar-refractivity contribution is 0.458. The molecule has 0 aliphatic heterocycles. The molecule has 0 spiro atoms. The topological polar surface area (TPSA) is 35.0 Å². The second kappa shape index (κ2) is 4.36. The van der Waals surface area contributed by atoms with E-state index in [9.17, 15) is 0 Å². The Hall–Kier alpha value is -1.17. The molecular weight excluding hydrogens is 291 g/mol. The van der Waals surface area contributed by atoms with Crippen LogP contribution in [0, 0.1) is 3.57 Å². The SMILES string of the molecule is Ic1ccccc1Oc1ccncn1. The highest BCUT2D eigenvalue weighted by Gasteiger charge is 2.00. The fraction of sp³-hybridized carbons (Fsp3) is 0. The fourth-order valence-electron chi connectivity index (χ4n) is 0.979. The predicted octanol–water partition coefficient (Wildman–Crippen LogP) is 2.87. The number of ether oxygens (including phenoxy) is 1. The Morgan fingerprint density at radius 1 is 1.14 bits per heavy atom. The molecule has 0 unspecified atom stereocenters. The molecule has 0 fully saturated rings. The molecule has 0 radical (unpaired) electrons. The summed E-state index contributed by atoms with van der Waals surface area (Å²) in [4.78, 5) is 7.79. The fourth-order valence-corrected chi connectivity index (χ4v) is 1.48. The number of halogens is 1. The van der Waals surface area contributed by atoms with Crippen molar-refractivity contribution in [3.63, 3.8) is 0 Å². The summed E-state index contributed by atoms with van der Waals surface area (Å²) < 4.78 is 6.61. The highest BCUT2D eigenvalue weighted by atomic mass is 127. The summed E-state index contributed by atoms with van der Waals surface area (Å²) >= 11 is 2.22. The third-order valence-electron chi connectivity index (χ3n) is 1.61. The maximum absolute atomic E-state index is 5.55. The van der Waals surface area contributed by atoms with Gasteiger partial charge in [0.05, 0.1) is 3.57 Å². The molecular formula is C10H7IN2O. The van der Waals surface area contributed by atoms with Crippen molar-refractivity contribution in [2.24, 2.45) is 0 Å². The molecule has 1 aromatic carbocycles. The van der Waals surface area contributed by atoms with Crippen LogP contribution >= 0.6 is 22.6 Å². The minimum atomic E-state index is 0.559. The van der Waals surface area contributed by atoms with Gasteiger partial charge in [0.25, 0.3) is 0 Å². The van der Waals surface area contributed by atoms with E-state index in [1.165, 1.54) is 6.33 Å². The zero-order chi connectivity index (χ0) is 9.80. The first-order valence-electron chi connectivity index (χ1n) is 4.04. The Labute approximate surface area is 95.3 Å². The van der Waals surface area contributed by atoms with Crippen molar-refractivity contribution in [1.82, 2.24) is 9.97 Å². The number of para-hydroxylation sites is 1. The molecule has 0 atom stereocenters. The van der Waals surface area contributed by atoms with Crippen molar-refractivity contribution in [1.29, 1.82) is 0 Å². The van der Waals surface area contributed by atoms with Crippen LogP contribution in [0.3, 0.4) is 0 Å². The van der Waals surface area contributed by atoms with Gasteiger partial charge in [-0.05, 0) is 34.7 Å². The lowest BCUT2D eigenvalue weighted by atomic mass is 10.3. The minimum absolute atomic E-state index is 0.559. The Morgan fingerprint density at radius 3 is 2.71 bits per heavy atom. The van der Waals surface area contributed by atoms with Gasteiger partial charge in [0.1, 0.15) is 12.1 Å². The quantitative estimate of drug-likeness (QED) is 0.800. The van der Waals surface area contributed by atoms with Gasteiger partial charge in [0, 0.05) is 12.3 Å². The number of hydrogen-bond donors (Lipinski definition) is 0. The lowest BCUT2D eigenvalue weighted by Gasteiger charge is -2.04. The zero-order valence-electron chi connectivity index (χ0n) is 7.22. The van der Waals surface area contributed by atoms with Gasteiger partial charge in [-0.25, -0.2) is 9.97 Å². The molecule has 70 valence electrons. The van der Waals surface area contributed by atoms with Crippen LogP contribution in [0.2, 0.25) is 0 Å². The molecule has 3 nitrogen and oxygen atoms in total. The van der Waals surface area contributed by atoms with Crippen LogP contribution in [-0.4, -0.2) is 9.97 Å². The standard InChI is InChI=1S/C10H7IN2O/c11-8-3-1-2-4-9(8)14-10-5-6-12-7-13-10/h1-7H. The van der Waals surface area contributed by atoms with Crippen LogP contribution < -0.4 is 4.74 Å². The minimum Gasteiger partial charge on any atom is -0.438 e. The normalized spacial score (nSPS) is 9.79.